The van der Waals surface area contributed by atoms with Crippen molar-refractivity contribution in [3.05, 3.63) is 97.2 Å². The molecule has 0 saturated carbocycles. The summed E-state index contributed by atoms with van der Waals surface area (Å²) in [5.74, 6) is -0.617. The minimum absolute atomic E-state index is 0.0378. The molecule has 0 aromatic heterocycles. The molecular formula is C67H119N2O7P. The number of esters is 1. The Balaban J connectivity index is 5.36. The van der Waals surface area contributed by atoms with Crippen molar-refractivity contribution in [3.63, 3.8) is 0 Å². The molecule has 444 valence electrons. The minimum atomic E-state index is -4.72. The molecule has 0 fully saturated rings. The van der Waals surface area contributed by atoms with Gasteiger partial charge in [0, 0.05) is 12.8 Å². The van der Waals surface area contributed by atoms with E-state index in [4.69, 9.17) is 13.8 Å². The molecule has 3 atom stereocenters. The highest BCUT2D eigenvalue weighted by molar-refractivity contribution is 7.45. The fraction of sp³-hybridized carbons (Fsp3) is 0.731. The van der Waals surface area contributed by atoms with Crippen LogP contribution in [-0.4, -0.2) is 69.4 Å². The standard InChI is InChI=1S/C67H119N2O7P/c1-7-10-13-16-19-22-25-28-30-32-33-34-35-37-39-42-45-48-51-54-57-60-67(71)76-65(58-55-52-49-46-43-40-27-24-21-18-15-12-9-3)64(63-75-77(72,73)74-62-61-69(4,5)6)68-66(70)59-56-53-50-47-44-41-38-36-31-29-26-23-20-17-14-11-8-2/h19-20,22-23,28-31,33-34,38,41,47,50,55,58,64-65H,7-18,21,24-27,32,35-37,39-40,42-46,48-49,51-54,56-57,59-63H2,1-6H3,(H-,68,70,72,73)/b22-19-,23-20-,30-28-,31-29-,34-33-,41-38-,50-47-,58-55+. The van der Waals surface area contributed by atoms with Crippen molar-refractivity contribution in [1.82, 2.24) is 5.32 Å². The Bertz CT molecular complexity index is 1640. The van der Waals surface area contributed by atoms with Crippen LogP contribution >= 0.6 is 7.82 Å². The number of unbranched alkanes of at least 4 members (excludes halogenated alkanes) is 26. The number of nitrogens with zero attached hydrogens (tertiary/aromatic N) is 1. The summed E-state index contributed by atoms with van der Waals surface area (Å²) in [5, 5.41) is 2.99. The number of hydrogen-bond donors (Lipinski definition) is 1. The molecule has 0 aliphatic rings. The quantitative estimate of drug-likeness (QED) is 0.0212. The lowest BCUT2D eigenvalue weighted by atomic mass is 10.0. The first kappa shape index (κ1) is 73.9. The number of phosphoric ester groups is 1. The van der Waals surface area contributed by atoms with Gasteiger partial charge in [0.1, 0.15) is 19.3 Å². The predicted molar refractivity (Wildman–Crippen MR) is 330 cm³/mol. The van der Waals surface area contributed by atoms with Gasteiger partial charge in [-0.05, 0) is 109 Å². The summed E-state index contributed by atoms with van der Waals surface area (Å²) in [6.07, 6.45) is 75.2. The lowest BCUT2D eigenvalue weighted by Gasteiger charge is -2.30. The van der Waals surface area contributed by atoms with Crippen LogP contribution in [0.1, 0.15) is 265 Å². The summed E-state index contributed by atoms with van der Waals surface area (Å²) >= 11 is 0. The van der Waals surface area contributed by atoms with Crippen molar-refractivity contribution in [1.29, 1.82) is 0 Å². The van der Waals surface area contributed by atoms with E-state index in [0.717, 1.165) is 83.5 Å². The monoisotopic (exact) mass is 1090 g/mol. The van der Waals surface area contributed by atoms with Gasteiger partial charge < -0.3 is 28.5 Å². The van der Waals surface area contributed by atoms with Crippen molar-refractivity contribution in [3.8, 4) is 0 Å². The van der Waals surface area contributed by atoms with E-state index in [1.54, 1.807) is 0 Å². The summed E-state index contributed by atoms with van der Waals surface area (Å²) < 4.78 is 30.3. The third kappa shape index (κ3) is 57.4. The zero-order valence-corrected chi connectivity index (χ0v) is 51.5. The van der Waals surface area contributed by atoms with Crippen molar-refractivity contribution in [2.24, 2.45) is 0 Å². The van der Waals surface area contributed by atoms with E-state index in [1.165, 1.54) is 135 Å². The maximum absolute atomic E-state index is 13.5. The van der Waals surface area contributed by atoms with Crippen molar-refractivity contribution in [2.75, 3.05) is 40.9 Å². The molecule has 3 unspecified atom stereocenters. The van der Waals surface area contributed by atoms with Crippen LogP contribution in [0.3, 0.4) is 0 Å². The van der Waals surface area contributed by atoms with Gasteiger partial charge in [-0.15, -0.1) is 0 Å². The van der Waals surface area contributed by atoms with Gasteiger partial charge in [0.15, 0.2) is 0 Å². The van der Waals surface area contributed by atoms with Crippen LogP contribution in [0.2, 0.25) is 0 Å². The minimum Gasteiger partial charge on any atom is -0.756 e. The number of likely N-dealkylation sites (N-methyl/N-ethyl adjacent to an activating group) is 1. The first-order chi connectivity index (χ1) is 37.4. The highest BCUT2D eigenvalue weighted by atomic mass is 31.2. The molecule has 9 nitrogen and oxygen atoms in total. The zero-order valence-electron chi connectivity index (χ0n) is 50.6. The van der Waals surface area contributed by atoms with E-state index >= 15 is 0 Å². The molecule has 0 bridgehead atoms. The summed E-state index contributed by atoms with van der Waals surface area (Å²) in [6.45, 7) is 6.74. The highest BCUT2D eigenvalue weighted by Crippen LogP contribution is 2.38. The Morgan fingerprint density at radius 1 is 0.455 bits per heavy atom. The SMILES string of the molecule is CCCCC/C=C\C/C=C\C/C=C\C/C=C\CCCC(=O)NC(COP(=O)([O-])OCC[N+](C)(C)C)C(/C=C/CCCCCCCCCCCCC)OC(=O)CCCCCCCCCC/C=C\C/C=C\C/C=C\CCCCC. The zero-order chi connectivity index (χ0) is 56.4. The van der Waals surface area contributed by atoms with E-state index in [0.29, 0.717) is 23.9 Å². The molecule has 0 saturated heterocycles. The first-order valence-corrected chi connectivity index (χ1v) is 33.0. The summed E-state index contributed by atoms with van der Waals surface area (Å²) in [4.78, 5) is 40.0. The third-order valence-corrected chi connectivity index (χ3v) is 14.5. The number of carbonyl (C=O) groups excluding carboxylic acids is 2. The Labute approximate surface area is 475 Å². The molecule has 1 N–H and O–H groups in total. The van der Waals surface area contributed by atoms with E-state index in [9.17, 15) is 19.0 Å². The largest absolute Gasteiger partial charge is 0.756 e. The number of allylic oxidation sites excluding steroid dienone is 15. The topological polar surface area (TPSA) is 114 Å². The highest BCUT2D eigenvalue weighted by Gasteiger charge is 2.27. The molecule has 1 amide bonds. The molecular weight excluding hydrogens is 976 g/mol. The second-order valence-corrected chi connectivity index (χ2v) is 23.6. The second-order valence-electron chi connectivity index (χ2n) is 22.2. The van der Waals surface area contributed by atoms with E-state index < -0.39 is 26.6 Å². The normalized spacial score (nSPS) is 14.3. The van der Waals surface area contributed by atoms with Gasteiger partial charge in [0.25, 0.3) is 7.82 Å². The smallest absolute Gasteiger partial charge is 0.306 e. The van der Waals surface area contributed by atoms with Gasteiger partial charge in [-0.3, -0.25) is 14.2 Å². The fourth-order valence-corrected chi connectivity index (χ4v) is 9.30. The van der Waals surface area contributed by atoms with Crippen molar-refractivity contribution < 1.29 is 37.3 Å². The van der Waals surface area contributed by atoms with E-state index in [2.05, 4.69) is 111 Å². The van der Waals surface area contributed by atoms with Gasteiger partial charge in [0.05, 0.1) is 33.8 Å². The Kier molecular flexibility index (Phi) is 54.0. The van der Waals surface area contributed by atoms with Crippen LogP contribution in [0.15, 0.2) is 97.2 Å². The number of ether oxygens (including phenoxy) is 1. The molecule has 0 aliphatic heterocycles. The Morgan fingerprint density at radius 3 is 1.23 bits per heavy atom. The Morgan fingerprint density at radius 2 is 0.805 bits per heavy atom. The molecule has 0 heterocycles. The summed E-state index contributed by atoms with van der Waals surface area (Å²) in [5.41, 5.74) is 0. The first-order valence-electron chi connectivity index (χ1n) is 31.5. The van der Waals surface area contributed by atoms with Crippen LogP contribution in [-0.2, 0) is 27.9 Å². The number of nitrogens with one attached hydrogen (secondary N) is 1. The van der Waals surface area contributed by atoms with Crippen molar-refractivity contribution >= 4 is 19.7 Å². The molecule has 0 spiro atoms. The average molecular weight is 1100 g/mol. The van der Waals surface area contributed by atoms with E-state index in [1.807, 2.05) is 33.3 Å². The van der Waals surface area contributed by atoms with Gasteiger partial charge in [-0.25, -0.2) is 0 Å². The molecule has 0 radical (unpaired) electrons. The van der Waals surface area contributed by atoms with Crippen LogP contribution in [0, 0.1) is 0 Å². The molecule has 0 aromatic carbocycles. The van der Waals surface area contributed by atoms with Crippen LogP contribution < -0.4 is 10.2 Å². The van der Waals surface area contributed by atoms with Crippen molar-refractivity contribution in [2.45, 2.75) is 277 Å². The number of rotatable bonds is 56. The van der Waals surface area contributed by atoms with Crippen LogP contribution in [0.5, 0.6) is 0 Å². The molecule has 0 aliphatic carbocycles. The van der Waals surface area contributed by atoms with Gasteiger partial charge in [0.2, 0.25) is 5.91 Å². The summed E-state index contributed by atoms with van der Waals surface area (Å²) in [7, 11) is 1.14. The lowest BCUT2D eigenvalue weighted by Crippen LogP contribution is -2.47. The summed E-state index contributed by atoms with van der Waals surface area (Å²) in [6, 6.07) is -0.925. The fourth-order valence-electron chi connectivity index (χ4n) is 8.58. The van der Waals surface area contributed by atoms with Crippen LogP contribution in [0.4, 0.5) is 0 Å². The molecule has 77 heavy (non-hydrogen) atoms. The number of amides is 1. The number of carbonyl (C=O) groups is 2. The number of phosphoric acid groups is 1. The maximum Gasteiger partial charge on any atom is 0.306 e. The number of quaternary nitrogens is 1. The molecule has 0 rings (SSSR count). The lowest BCUT2D eigenvalue weighted by molar-refractivity contribution is -0.870. The molecule has 10 heteroatoms. The van der Waals surface area contributed by atoms with Gasteiger partial charge in [-0.1, -0.05) is 240 Å². The van der Waals surface area contributed by atoms with Gasteiger partial charge in [-0.2, -0.15) is 0 Å². The maximum atomic E-state index is 13.5. The second kappa shape index (κ2) is 56.2. The molecule has 0 aromatic rings. The average Bonchev–Trinajstić information content (AvgIpc) is 3.39. The number of hydrogen-bond acceptors (Lipinski definition) is 7. The van der Waals surface area contributed by atoms with E-state index in [-0.39, 0.29) is 31.3 Å². The van der Waals surface area contributed by atoms with Crippen LogP contribution in [0.25, 0.3) is 0 Å². The van der Waals surface area contributed by atoms with Gasteiger partial charge >= 0.3 is 5.97 Å². The predicted octanol–water partition coefficient (Wildman–Crippen LogP) is 18.9. The third-order valence-electron chi connectivity index (χ3n) is 13.5. The Hall–Kier alpha value is -3.07.